The van der Waals surface area contributed by atoms with E-state index in [1.54, 1.807) is 13.8 Å². The number of carbonyl (C=O) groups is 2. The van der Waals surface area contributed by atoms with Gasteiger partial charge in [-0.1, -0.05) is 26.0 Å². The van der Waals surface area contributed by atoms with Crippen LogP contribution in [-0.2, 0) is 15.7 Å². The molecule has 1 aromatic rings. The van der Waals surface area contributed by atoms with Gasteiger partial charge in [0.15, 0.2) is 0 Å². The Morgan fingerprint density at radius 2 is 1.76 bits per heavy atom. The van der Waals surface area contributed by atoms with Crippen LogP contribution in [0.25, 0.3) is 0 Å². The molecule has 1 amide bonds. The van der Waals surface area contributed by atoms with Gasteiger partial charge in [0, 0.05) is 0 Å². The van der Waals surface area contributed by atoms with Crippen molar-refractivity contribution in [2.24, 2.45) is 5.92 Å². The van der Waals surface area contributed by atoms with E-state index in [2.05, 4.69) is 10.1 Å². The van der Waals surface area contributed by atoms with E-state index in [9.17, 15) is 22.8 Å². The molecule has 21 heavy (non-hydrogen) atoms. The number of ether oxygens (including phenoxy) is 1. The molecule has 0 aliphatic rings. The number of amides is 1. The molecule has 0 fully saturated rings. The molecule has 0 aromatic heterocycles. The van der Waals surface area contributed by atoms with Gasteiger partial charge in [-0.3, -0.25) is 4.79 Å². The van der Waals surface area contributed by atoms with E-state index in [0.717, 1.165) is 19.2 Å². The summed E-state index contributed by atoms with van der Waals surface area (Å²) >= 11 is 0. The molecule has 0 saturated carbocycles. The van der Waals surface area contributed by atoms with Crippen LogP contribution < -0.4 is 5.32 Å². The Morgan fingerprint density at radius 3 is 2.24 bits per heavy atom. The second kappa shape index (κ2) is 6.60. The first-order valence-corrected chi connectivity index (χ1v) is 6.23. The van der Waals surface area contributed by atoms with Gasteiger partial charge < -0.3 is 10.1 Å². The van der Waals surface area contributed by atoms with Crippen LogP contribution in [0.2, 0.25) is 0 Å². The highest BCUT2D eigenvalue weighted by Crippen LogP contribution is 2.31. The van der Waals surface area contributed by atoms with E-state index in [4.69, 9.17) is 0 Å². The predicted octanol–water partition coefficient (Wildman–Crippen LogP) is 2.63. The normalized spacial score (nSPS) is 12.9. The highest BCUT2D eigenvalue weighted by Gasteiger charge is 2.36. The lowest BCUT2D eigenvalue weighted by molar-refractivity contribution is -0.144. The van der Waals surface area contributed by atoms with Crippen LogP contribution in [-0.4, -0.2) is 25.0 Å². The summed E-state index contributed by atoms with van der Waals surface area (Å²) in [5, 5.41) is 2.28. The summed E-state index contributed by atoms with van der Waals surface area (Å²) in [4.78, 5) is 23.6. The van der Waals surface area contributed by atoms with Gasteiger partial charge in [-0.05, 0) is 18.1 Å². The van der Waals surface area contributed by atoms with E-state index >= 15 is 0 Å². The minimum atomic E-state index is -4.65. The van der Waals surface area contributed by atoms with Crippen molar-refractivity contribution in [3.05, 3.63) is 35.4 Å². The van der Waals surface area contributed by atoms with Crippen molar-refractivity contribution in [1.82, 2.24) is 5.32 Å². The highest BCUT2D eigenvalue weighted by molar-refractivity contribution is 5.98. The molecular weight excluding hydrogens is 287 g/mol. The van der Waals surface area contributed by atoms with Crippen molar-refractivity contribution in [2.45, 2.75) is 26.1 Å². The third kappa shape index (κ3) is 4.21. The molecule has 0 heterocycles. The quantitative estimate of drug-likeness (QED) is 0.870. The van der Waals surface area contributed by atoms with Gasteiger partial charge in [0.1, 0.15) is 6.04 Å². The summed E-state index contributed by atoms with van der Waals surface area (Å²) in [5.41, 5.74) is -1.57. The van der Waals surface area contributed by atoms with Gasteiger partial charge in [-0.25, -0.2) is 4.79 Å². The van der Waals surface area contributed by atoms with Crippen LogP contribution in [0.15, 0.2) is 24.3 Å². The fraction of sp³-hybridized carbons (Fsp3) is 0.429. The van der Waals surface area contributed by atoms with Gasteiger partial charge in [0.25, 0.3) is 5.91 Å². The number of esters is 1. The smallest absolute Gasteiger partial charge is 0.417 e. The number of methoxy groups -OCH3 is 1. The number of rotatable bonds is 4. The predicted molar refractivity (Wildman–Crippen MR) is 69.6 cm³/mol. The minimum Gasteiger partial charge on any atom is -0.467 e. The molecule has 0 spiro atoms. The molecule has 0 saturated heterocycles. The van der Waals surface area contributed by atoms with Crippen molar-refractivity contribution < 1.29 is 27.5 Å². The van der Waals surface area contributed by atoms with Crippen LogP contribution >= 0.6 is 0 Å². The molecule has 1 atom stereocenters. The van der Waals surface area contributed by atoms with Crippen LogP contribution in [0, 0.1) is 5.92 Å². The number of carbonyl (C=O) groups excluding carboxylic acids is 2. The Morgan fingerprint density at radius 1 is 1.19 bits per heavy atom. The summed E-state index contributed by atoms with van der Waals surface area (Å²) in [6, 6.07) is 3.39. The van der Waals surface area contributed by atoms with Crippen molar-refractivity contribution in [1.29, 1.82) is 0 Å². The van der Waals surface area contributed by atoms with Gasteiger partial charge in [0.2, 0.25) is 0 Å². The van der Waals surface area contributed by atoms with Crippen LogP contribution in [0.1, 0.15) is 29.8 Å². The van der Waals surface area contributed by atoms with E-state index in [1.165, 1.54) is 12.1 Å². The fourth-order valence-electron chi connectivity index (χ4n) is 1.77. The Labute approximate surface area is 120 Å². The molecule has 0 bridgehead atoms. The first-order chi connectivity index (χ1) is 9.68. The standard InChI is InChI=1S/C14H16F3NO3/c1-8(2)11(13(20)21-3)18-12(19)9-6-4-5-7-10(9)14(15,16)17/h4-8,11H,1-3H3,(H,18,19)/t11-/m0/s1. The van der Waals surface area contributed by atoms with Crippen LogP contribution in [0.5, 0.6) is 0 Å². The zero-order valence-electron chi connectivity index (χ0n) is 11.8. The number of hydrogen-bond donors (Lipinski definition) is 1. The Hall–Kier alpha value is -2.05. The molecule has 116 valence electrons. The van der Waals surface area contributed by atoms with Crippen molar-refractivity contribution in [3.8, 4) is 0 Å². The molecule has 0 aliphatic carbocycles. The van der Waals surface area contributed by atoms with Crippen LogP contribution in [0.3, 0.4) is 0 Å². The molecule has 7 heteroatoms. The third-order valence-corrected chi connectivity index (χ3v) is 2.89. The van der Waals surface area contributed by atoms with E-state index in [-0.39, 0.29) is 5.92 Å². The maximum atomic E-state index is 12.9. The minimum absolute atomic E-state index is 0.320. The lowest BCUT2D eigenvalue weighted by Gasteiger charge is -2.21. The summed E-state index contributed by atoms with van der Waals surface area (Å²) in [6.45, 7) is 3.30. The zero-order chi connectivity index (χ0) is 16.2. The topological polar surface area (TPSA) is 55.4 Å². The lowest BCUT2D eigenvalue weighted by Crippen LogP contribution is -2.45. The maximum absolute atomic E-state index is 12.9. The zero-order valence-corrected chi connectivity index (χ0v) is 11.8. The van der Waals surface area contributed by atoms with Crippen molar-refractivity contribution in [3.63, 3.8) is 0 Å². The average Bonchev–Trinajstić information content (AvgIpc) is 2.42. The molecule has 0 aliphatic heterocycles. The average molecular weight is 303 g/mol. The Bertz CT molecular complexity index is 526. The van der Waals surface area contributed by atoms with E-state index in [0.29, 0.717) is 0 Å². The maximum Gasteiger partial charge on any atom is 0.417 e. The monoisotopic (exact) mass is 303 g/mol. The molecule has 1 rings (SSSR count). The highest BCUT2D eigenvalue weighted by atomic mass is 19.4. The van der Waals surface area contributed by atoms with Gasteiger partial charge in [-0.2, -0.15) is 13.2 Å². The first-order valence-electron chi connectivity index (χ1n) is 6.23. The fourth-order valence-corrected chi connectivity index (χ4v) is 1.77. The summed E-state index contributed by atoms with van der Waals surface area (Å²) < 4.78 is 43.1. The van der Waals surface area contributed by atoms with Crippen molar-refractivity contribution in [2.75, 3.05) is 7.11 Å². The number of alkyl halides is 3. The van der Waals surface area contributed by atoms with Gasteiger partial charge in [0.05, 0.1) is 18.2 Å². The summed E-state index contributed by atoms with van der Waals surface area (Å²) in [6.07, 6.45) is -4.65. The summed E-state index contributed by atoms with van der Waals surface area (Å²) in [5.74, 6) is -1.99. The molecule has 0 radical (unpaired) electrons. The first kappa shape index (κ1) is 17.0. The second-order valence-corrected chi connectivity index (χ2v) is 4.76. The Balaban J connectivity index is 3.07. The van der Waals surface area contributed by atoms with Crippen LogP contribution in [0.4, 0.5) is 13.2 Å². The van der Waals surface area contributed by atoms with Gasteiger partial charge in [-0.15, -0.1) is 0 Å². The van der Waals surface area contributed by atoms with Crippen molar-refractivity contribution >= 4 is 11.9 Å². The molecule has 4 nitrogen and oxygen atoms in total. The molecule has 1 aromatic carbocycles. The summed E-state index contributed by atoms with van der Waals surface area (Å²) in [7, 11) is 1.15. The SMILES string of the molecule is COC(=O)[C@@H](NC(=O)c1ccccc1C(F)(F)F)C(C)C. The number of nitrogens with one attached hydrogen (secondary N) is 1. The van der Waals surface area contributed by atoms with E-state index in [1.807, 2.05) is 0 Å². The third-order valence-electron chi connectivity index (χ3n) is 2.89. The van der Waals surface area contributed by atoms with E-state index < -0.39 is 35.2 Å². The second-order valence-electron chi connectivity index (χ2n) is 4.76. The molecule has 0 unspecified atom stereocenters. The lowest BCUT2D eigenvalue weighted by atomic mass is 10.0. The largest absolute Gasteiger partial charge is 0.467 e. The molecule has 1 N–H and O–H groups in total. The molecular formula is C14H16F3NO3. The Kier molecular flexibility index (Phi) is 5.34. The number of benzene rings is 1. The number of halogens is 3. The number of hydrogen-bond acceptors (Lipinski definition) is 3. The van der Waals surface area contributed by atoms with Gasteiger partial charge >= 0.3 is 12.1 Å².